The van der Waals surface area contributed by atoms with E-state index >= 15 is 0 Å². The van der Waals surface area contributed by atoms with Gasteiger partial charge in [0.1, 0.15) is 5.75 Å². The molecule has 5 heteroatoms. The van der Waals surface area contributed by atoms with Crippen LogP contribution in [0.3, 0.4) is 0 Å². The Labute approximate surface area is 112 Å². The zero-order valence-corrected chi connectivity index (χ0v) is 11.7. The Bertz CT molecular complexity index is 558. The van der Waals surface area contributed by atoms with Gasteiger partial charge in [0.05, 0.1) is 13.2 Å². The fraction of sp³-hybridized carbons (Fsp3) is 0.429. The summed E-state index contributed by atoms with van der Waals surface area (Å²) in [5, 5.41) is 3.97. The van der Waals surface area contributed by atoms with Crippen molar-refractivity contribution in [2.45, 2.75) is 26.8 Å². The fourth-order valence-electron chi connectivity index (χ4n) is 1.61. The summed E-state index contributed by atoms with van der Waals surface area (Å²) in [7, 11) is 1.62. The van der Waals surface area contributed by atoms with Crippen LogP contribution in [-0.4, -0.2) is 17.3 Å². The van der Waals surface area contributed by atoms with Gasteiger partial charge in [-0.2, -0.15) is 4.98 Å². The summed E-state index contributed by atoms with van der Waals surface area (Å²) in [6, 6.07) is 7.22. The molecule has 0 saturated heterocycles. The summed E-state index contributed by atoms with van der Waals surface area (Å²) >= 11 is 0. The van der Waals surface area contributed by atoms with Crippen LogP contribution in [0, 0.1) is 5.41 Å². The number of methoxy groups -OCH3 is 1. The molecule has 1 aromatic heterocycles. The number of nitrogens with two attached hydrogens (primary N) is 1. The van der Waals surface area contributed by atoms with E-state index in [1.807, 2.05) is 45.0 Å². The van der Waals surface area contributed by atoms with E-state index in [-0.39, 0.29) is 11.5 Å². The van der Waals surface area contributed by atoms with Crippen molar-refractivity contribution in [1.82, 2.24) is 10.1 Å². The Morgan fingerprint density at radius 1 is 1.32 bits per heavy atom. The monoisotopic (exact) mass is 261 g/mol. The third kappa shape index (κ3) is 2.93. The van der Waals surface area contributed by atoms with Gasteiger partial charge >= 0.3 is 0 Å². The first kappa shape index (κ1) is 13.5. The van der Waals surface area contributed by atoms with Crippen LogP contribution in [0.25, 0.3) is 11.4 Å². The van der Waals surface area contributed by atoms with Crippen LogP contribution in [0.2, 0.25) is 0 Å². The summed E-state index contributed by atoms with van der Waals surface area (Å²) in [6.45, 7) is 6.10. The van der Waals surface area contributed by atoms with Crippen molar-refractivity contribution in [3.63, 3.8) is 0 Å². The molecule has 1 aromatic carbocycles. The van der Waals surface area contributed by atoms with Crippen LogP contribution in [0.4, 0.5) is 0 Å². The van der Waals surface area contributed by atoms with E-state index in [0.717, 1.165) is 11.3 Å². The third-order valence-corrected chi connectivity index (χ3v) is 2.97. The van der Waals surface area contributed by atoms with Crippen molar-refractivity contribution in [2.24, 2.45) is 11.1 Å². The molecule has 2 aromatic rings. The van der Waals surface area contributed by atoms with E-state index in [2.05, 4.69) is 10.1 Å². The van der Waals surface area contributed by atoms with E-state index in [4.69, 9.17) is 15.0 Å². The highest BCUT2D eigenvalue weighted by Crippen LogP contribution is 2.30. The van der Waals surface area contributed by atoms with E-state index in [1.54, 1.807) is 7.11 Å². The molecule has 0 saturated carbocycles. The van der Waals surface area contributed by atoms with Crippen molar-refractivity contribution in [1.29, 1.82) is 0 Å². The molecule has 2 rings (SSSR count). The molecule has 0 spiro atoms. The van der Waals surface area contributed by atoms with Gasteiger partial charge in [0.15, 0.2) is 0 Å². The molecule has 0 aliphatic carbocycles. The van der Waals surface area contributed by atoms with Crippen LogP contribution < -0.4 is 10.5 Å². The van der Waals surface area contributed by atoms with Crippen LogP contribution >= 0.6 is 0 Å². The van der Waals surface area contributed by atoms with Crippen LogP contribution in [0.15, 0.2) is 28.8 Å². The van der Waals surface area contributed by atoms with Gasteiger partial charge in [0.25, 0.3) is 0 Å². The van der Waals surface area contributed by atoms with Gasteiger partial charge in [-0.1, -0.05) is 38.1 Å². The first-order valence-corrected chi connectivity index (χ1v) is 6.15. The number of aromatic nitrogens is 2. The lowest BCUT2D eigenvalue weighted by Crippen LogP contribution is -2.26. The van der Waals surface area contributed by atoms with Gasteiger partial charge in [-0.05, 0) is 17.5 Å². The lowest BCUT2D eigenvalue weighted by Gasteiger charge is -2.23. The van der Waals surface area contributed by atoms with Gasteiger partial charge in [-0.15, -0.1) is 0 Å². The smallest absolute Gasteiger partial charge is 0.244 e. The SMILES string of the molecule is COc1cccc(-c2noc([C@@H](N)C(C)(C)C)n2)c1. The highest BCUT2D eigenvalue weighted by Gasteiger charge is 2.27. The van der Waals surface area contributed by atoms with Gasteiger partial charge in [-0.25, -0.2) is 0 Å². The number of ether oxygens (including phenoxy) is 1. The zero-order valence-electron chi connectivity index (χ0n) is 11.7. The van der Waals surface area contributed by atoms with E-state index in [1.165, 1.54) is 0 Å². The van der Waals surface area contributed by atoms with Crippen LogP contribution in [0.1, 0.15) is 32.7 Å². The molecule has 1 atom stereocenters. The predicted octanol–water partition coefficient (Wildman–Crippen LogP) is 2.79. The second kappa shape index (κ2) is 5.01. The maximum absolute atomic E-state index is 6.10. The molecule has 1 heterocycles. The molecule has 5 nitrogen and oxygen atoms in total. The molecule has 0 bridgehead atoms. The van der Waals surface area contributed by atoms with Crippen LogP contribution in [0.5, 0.6) is 5.75 Å². The largest absolute Gasteiger partial charge is 0.497 e. The Morgan fingerprint density at radius 3 is 2.68 bits per heavy atom. The Balaban J connectivity index is 2.30. The highest BCUT2D eigenvalue weighted by atomic mass is 16.5. The van der Waals surface area contributed by atoms with Gasteiger partial charge < -0.3 is 15.0 Å². The Kier molecular flexibility index (Phi) is 3.57. The van der Waals surface area contributed by atoms with E-state index in [0.29, 0.717) is 11.7 Å². The van der Waals surface area contributed by atoms with Crippen molar-refractivity contribution >= 4 is 0 Å². The molecule has 2 N–H and O–H groups in total. The third-order valence-electron chi connectivity index (χ3n) is 2.97. The summed E-state index contributed by atoms with van der Waals surface area (Å²) in [5.41, 5.74) is 6.81. The van der Waals surface area contributed by atoms with Crippen molar-refractivity contribution < 1.29 is 9.26 Å². The molecular weight excluding hydrogens is 242 g/mol. The van der Waals surface area contributed by atoms with Crippen LogP contribution in [-0.2, 0) is 0 Å². The van der Waals surface area contributed by atoms with Crippen molar-refractivity contribution in [3.8, 4) is 17.1 Å². The minimum absolute atomic E-state index is 0.127. The van der Waals surface area contributed by atoms with E-state index < -0.39 is 0 Å². The van der Waals surface area contributed by atoms with Gasteiger partial charge in [0.2, 0.25) is 11.7 Å². The summed E-state index contributed by atoms with van der Waals surface area (Å²) in [6.07, 6.45) is 0. The number of hydrogen-bond donors (Lipinski definition) is 1. The average Bonchev–Trinajstić information content (AvgIpc) is 2.86. The molecular formula is C14H19N3O2. The standard InChI is InChI=1S/C14H19N3O2/c1-14(2,3)11(15)13-16-12(17-19-13)9-6-5-7-10(8-9)18-4/h5-8,11H,15H2,1-4H3/t11-/m1/s1. The summed E-state index contributed by atoms with van der Waals surface area (Å²) < 4.78 is 10.4. The minimum atomic E-state index is -0.292. The number of rotatable bonds is 3. The first-order chi connectivity index (χ1) is 8.91. The van der Waals surface area contributed by atoms with Crippen molar-refractivity contribution in [2.75, 3.05) is 7.11 Å². The molecule has 0 aliphatic rings. The van der Waals surface area contributed by atoms with Gasteiger partial charge in [0, 0.05) is 5.56 Å². The maximum Gasteiger partial charge on any atom is 0.244 e. The highest BCUT2D eigenvalue weighted by molar-refractivity contribution is 5.56. The predicted molar refractivity (Wildman–Crippen MR) is 72.7 cm³/mol. The average molecular weight is 261 g/mol. The topological polar surface area (TPSA) is 74.2 Å². The number of hydrogen-bond acceptors (Lipinski definition) is 5. The molecule has 0 fully saturated rings. The molecule has 0 aliphatic heterocycles. The van der Waals surface area contributed by atoms with E-state index in [9.17, 15) is 0 Å². The lowest BCUT2D eigenvalue weighted by atomic mass is 9.87. The van der Waals surface area contributed by atoms with Gasteiger partial charge in [-0.3, -0.25) is 0 Å². The Morgan fingerprint density at radius 2 is 2.05 bits per heavy atom. The molecule has 102 valence electrons. The summed E-state index contributed by atoms with van der Waals surface area (Å²) in [4.78, 5) is 4.36. The molecule has 0 radical (unpaired) electrons. The fourth-order valence-corrected chi connectivity index (χ4v) is 1.61. The second-order valence-electron chi connectivity index (χ2n) is 5.53. The van der Waals surface area contributed by atoms with Crippen molar-refractivity contribution in [3.05, 3.63) is 30.2 Å². The zero-order chi connectivity index (χ0) is 14.0. The second-order valence-corrected chi connectivity index (χ2v) is 5.53. The molecule has 19 heavy (non-hydrogen) atoms. The first-order valence-electron chi connectivity index (χ1n) is 6.15. The number of nitrogens with zero attached hydrogens (tertiary/aromatic N) is 2. The normalized spacial score (nSPS) is 13.3. The summed E-state index contributed by atoms with van der Waals surface area (Å²) in [5.74, 6) is 1.72. The lowest BCUT2D eigenvalue weighted by molar-refractivity contribution is 0.253. The molecule has 0 unspecified atom stereocenters. The maximum atomic E-state index is 6.10. The molecule has 0 amide bonds. The quantitative estimate of drug-likeness (QED) is 0.919. The number of benzene rings is 1. The minimum Gasteiger partial charge on any atom is -0.497 e. The Hall–Kier alpha value is -1.88.